The van der Waals surface area contributed by atoms with Gasteiger partial charge in [-0.1, -0.05) is 25.1 Å². The minimum atomic E-state index is -0.566. The first-order chi connectivity index (χ1) is 13.1. The molecule has 7 heteroatoms. The first kappa shape index (κ1) is 18.7. The number of aryl methyl sites for hydroxylation is 2. The third-order valence-electron chi connectivity index (χ3n) is 3.85. The van der Waals surface area contributed by atoms with Gasteiger partial charge in [0.25, 0.3) is 5.91 Å². The molecule has 3 rings (SSSR count). The lowest BCUT2D eigenvalue weighted by atomic mass is 10.1. The van der Waals surface area contributed by atoms with Gasteiger partial charge in [-0.2, -0.15) is 0 Å². The molecular formula is C20H19N3O3S. The molecule has 0 aliphatic rings. The smallest absolute Gasteiger partial charge is 0.350 e. The van der Waals surface area contributed by atoms with Crippen LogP contribution >= 0.6 is 11.3 Å². The summed E-state index contributed by atoms with van der Waals surface area (Å²) in [6, 6.07) is 13.0. The van der Waals surface area contributed by atoms with Crippen molar-refractivity contribution in [3.8, 4) is 10.7 Å². The van der Waals surface area contributed by atoms with E-state index in [0.29, 0.717) is 27.0 Å². The van der Waals surface area contributed by atoms with Crippen molar-refractivity contribution in [2.24, 2.45) is 0 Å². The van der Waals surface area contributed by atoms with Crippen molar-refractivity contribution in [1.29, 1.82) is 0 Å². The number of thiazole rings is 1. The van der Waals surface area contributed by atoms with Gasteiger partial charge >= 0.3 is 5.97 Å². The molecule has 0 radical (unpaired) electrons. The SMILES string of the molecule is CCc1ccc(NC(=O)COC(=O)c2sc(-c3ccccn3)nc2C)cc1. The van der Waals surface area contributed by atoms with Crippen LogP contribution in [0.15, 0.2) is 48.7 Å². The Morgan fingerprint density at radius 3 is 2.59 bits per heavy atom. The van der Waals surface area contributed by atoms with E-state index >= 15 is 0 Å². The lowest BCUT2D eigenvalue weighted by Gasteiger charge is -2.06. The predicted molar refractivity (Wildman–Crippen MR) is 105 cm³/mol. The summed E-state index contributed by atoms with van der Waals surface area (Å²) < 4.78 is 5.14. The average Bonchev–Trinajstić information content (AvgIpc) is 3.09. The average molecular weight is 381 g/mol. The Balaban J connectivity index is 1.59. The Hall–Kier alpha value is -3.06. The number of aromatic nitrogens is 2. The standard InChI is InChI=1S/C20H19N3O3S/c1-3-14-7-9-15(10-8-14)23-17(24)12-26-20(25)18-13(2)22-19(27-18)16-6-4-5-11-21-16/h4-11H,3,12H2,1-2H3,(H,23,24). The maximum atomic E-state index is 12.3. The van der Waals surface area contributed by atoms with E-state index in [1.54, 1.807) is 13.1 Å². The number of rotatable bonds is 6. The van der Waals surface area contributed by atoms with Crippen LogP contribution in [0.4, 0.5) is 5.69 Å². The third kappa shape index (κ3) is 4.77. The number of hydrogen-bond acceptors (Lipinski definition) is 6. The summed E-state index contributed by atoms with van der Waals surface area (Å²) in [6.07, 6.45) is 2.60. The molecule has 1 amide bonds. The van der Waals surface area contributed by atoms with Gasteiger partial charge in [0.2, 0.25) is 0 Å². The maximum absolute atomic E-state index is 12.3. The zero-order chi connectivity index (χ0) is 19.2. The highest BCUT2D eigenvalue weighted by Crippen LogP contribution is 2.26. The fourth-order valence-electron chi connectivity index (χ4n) is 2.40. The van der Waals surface area contributed by atoms with Gasteiger partial charge in [0.05, 0.1) is 11.4 Å². The fraction of sp³-hybridized carbons (Fsp3) is 0.200. The van der Waals surface area contributed by atoms with E-state index in [0.717, 1.165) is 6.42 Å². The number of nitrogens with zero attached hydrogens (tertiary/aromatic N) is 2. The van der Waals surface area contributed by atoms with Crippen LogP contribution in [-0.4, -0.2) is 28.5 Å². The number of benzene rings is 1. The Labute approximate surface area is 161 Å². The summed E-state index contributed by atoms with van der Waals surface area (Å²) in [5.41, 5.74) is 3.10. The monoisotopic (exact) mass is 381 g/mol. The molecule has 0 fully saturated rings. The molecule has 0 unspecified atom stereocenters. The maximum Gasteiger partial charge on any atom is 0.350 e. The molecule has 0 spiro atoms. The topological polar surface area (TPSA) is 81.2 Å². The molecule has 2 heterocycles. The van der Waals surface area contributed by atoms with E-state index in [9.17, 15) is 9.59 Å². The number of hydrogen-bond donors (Lipinski definition) is 1. The molecule has 3 aromatic rings. The number of anilines is 1. The van der Waals surface area contributed by atoms with Crippen LogP contribution in [0.5, 0.6) is 0 Å². The highest BCUT2D eigenvalue weighted by Gasteiger charge is 2.19. The van der Waals surface area contributed by atoms with Crippen molar-refractivity contribution in [2.45, 2.75) is 20.3 Å². The van der Waals surface area contributed by atoms with Crippen molar-refractivity contribution in [1.82, 2.24) is 9.97 Å². The third-order valence-corrected chi connectivity index (χ3v) is 5.01. The Bertz CT molecular complexity index is 937. The molecule has 0 saturated carbocycles. The van der Waals surface area contributed by atoms with Gasteiger partial charge in [-0.25, -0.2) is 9.78 Å². The molecule has 0 bridgehead atoms. The minimum absolute atomic E-state index is 0.357. The van der Waals surface area contributed by atoms with Gasteiger partial charge in [-0.3, -0.25) is 9.78 Å². The second kappa shape index (κ2) is 8.55. The number of carbonyl (C=O) groups is 2. The van der Waals surface area contributed by atoms with Gasteiger partial charge in [-0.05, 0) is 43.2 Å². The highest BCUT2D eigenvalue weighted by atomic mass is 32.1. The summed E-state index contributed by atoms with van der Waals surface area (Å²) >= 11 is 1.20. The van der Waals surface area contributed by atoms with Crippen LogP contribution in [-0.2, 0) is 16.0 Å². The molecule has 0 aliphatic carbocycles. The van der Waals surface area contributed by atoms with Crippen molar-refractivity contribution < 1.29 is 14.3 Å². The molecule has 27 heavy (non-hydrogen) atoms. The normalized spacial score (nSPS) is 10.4. The quantitative estimate of drug-likeness (QED) is 0.656. The van der Waals surface area contributed by atoms with E-state index < -0.39 is 5.97 Å². The number of carbonyl (C=O) groups excluding carboxylic acids is 2. The fourth-order valence-corrected chi connectivity index (χ4v) is 3.34. The van der Waals surface area contributed by atoms with Crippen LogP contribution in [0.2, 0.25) is 0 Å². The van der Waals surface area contributed by atoms with Gasteiger partial charge < -0.3 is 10.1 Å². The van der Waals surface area contributed by atoms with Gasteiger partial charge in [-0.15, -0.1) is 11.3 Å². The predicted octanol–water partition coefficient (Wildman–Crippen LogP) is 3.87. The van der Waals surface area contributed by atoms with Crippen LogP contribution in [0, 0.1) is 6.92 Å². The molecule has 2 aromatic heterocycles. The zero-order valence-electron chi connectivity index (χ0n) is 15.1. The lowest BCUT2D eigenvalue weighted by Crippen LogP contribution is -2.20. The van der Waals surface area contributed by atoms with E-state index in [1.807, 2.05) is 42.5 Å². The Kier molecular flexibility index (Phi) is 5.93. The summed E-state index contributed by atoms with van der Waals surface area (Å²) in [5.74, 6) is -0.955. The Morgan fingerprint density at radius 2 is 1.93 bits per heavy atom. The summed E-state index contributed by atoms with van der Waals surface area (Å²) in [7, 11) is 0. The van der Waals surface area contributed by atoms with E-state index in [1.165, 1.54) is 16.9 Å². The molecule has 1 aromatic carbocycles. The van der Waals surface area contributed by atoms with Crippen molar-refractivity contribution in [3.63, 3.8) is 0 Å². The molecule has 138 valence electrons. The lowest BCUT2D eigenvalue weighted by molar-refractivity contribution is -0.119. The molecule has 0 saturated heterocycles. The van der Waals surface area contributed by atoms with Crippen molar-refractivity contribution in [2.75, 3.05) is 11.9 Å². The summed E-state index contributed by atoms with van der Waals surface area (Å²) in [6.45, 7) is 3.44. The second-order valence-corrected chi connectivity index (χ2v) is 6.82. The van der Waals surface area contributed by atoms with E-state index in [-0.39, 0.29) is 12.5 Å². The highest BCUT2D eigenvalue weighted by molar-refractivity contribution is 7.17. The number of nitrogens with one attached hydrogen (secondary N) is 1. The van der Waals surface area contributed by atoms with Crippen LogP contribution in [0.3, 0.4) is 0 Å². The van der Waals surface area contributed by atoms with Crippen molar-refractivity contribution in [3.05, 3.63) is 64.8 Å². The van der Waals surface area contributed by atoms with Crippen molar-refractivity contribution >= 4 is 28.9 Å². The molecule has 0 aliphatic heterocycles. The summed E-state index contributed by atoms with van der Waals surface area (Å²) in [5, 5.41) is 3.35. The number of pyridine rings is 1. The first-order valence-electron chi connectivity index (χ1n) is 8.51. The number of ether oxygens (including phenoxy) is 1. The van der Waals surface area contributed by atoms with Crippen LogP contribution in [0.25, 0.3) is 10.7 Å². The van der Waals surface area contributed by atoms with Gasteiger partial charge in [0.15, 0.2) is 6.61 Å². The minimum Gasteiger partial charge on any atom is -0.451 e. The molecule has 0 atom stereocenters. The zero-order valence-corrected chi connectivity index (χ0v) is 15.9. The van der Waals surface area contributed by atoms with E-state index in [2.05, 4.69) is 22.2 Å². The molecular weight excluding hydrogens is 362 g/mol. The van der Waals surface area contributed by atoms with Gasteiger partial charge in [0.1, 0.15) is 9.88 Å². The largest absolute Gasteiger partial charge is 0.451 e. The van der Waals surface area contributed by atoms with Crippen LogP contribution in [0.1, 0.15) is 27.9 Å². The Morgan fingerprint density at radius 1 is 1.15 bits per heavy atom. The summed E-state index contributed by atoms with van der Waals surface area (Å²) in [4.78, 5) is 33.3. The van der Waals surface area contributed by atoms with Gasteiger partial charge in [0, 0.05) is 11.9 Å². The molecule has 1 N–H and O–H groups in total. The van der Waals surface area contributed by atoms with Crippen LogP contribution < -0.4 is 5.32 Å². The molecule has 6 nitrogen and oxygen atoms in total. The number of amides is 1. The second-order valence-electron chi connectivity index (χ2n) is 5.82. The van der Waals surface area contributed by atoms with E-state index in [4.69, 9.17) is 4.74 Å². The number of esters is 1. The first-order valence-corrected chi connectivity index (χ1v) is 9.33.